The standard InChI is InChI=1S/C22H28O6S2/c1-3-17-8-12-21(13-9-17)29(23,24)27-19-6-5-7-20(16-19)28-30(25,26)22-14-10-18(4-2)11-15-22/h8-15,19-20H,3-7,16H2,1-2H3. The Morgan fingerprint density at radius 2 is 1.07 bits per heavy atom. The van der Waals surface area contributed by atoms with Crippen molar-refractivity contribution in [2.24, 2.45) is 0 Å². The van der Waals surface area contributed by atoms with Crippen LogP contribution in [0.3, 0.4) is 0 Å². The average molecular weight is 453 g/mol. The topological polar surface area (TPSA) is 86.7 Å². The van der Waals surface area contributed by atoms with E-state index >= 15 is 0 Å². The summed E-state index contributed by atoms with van der Waals surface area (Å²) in [4.78, 5) is 0.206. The van der Waals surface area contributed by atoms with E-state index in [0.717, 1.165) is 24.0 Å². The van der Waals surface area contributed by atoms with Gasteiger partial charge in [0.15, 0.2) is 0 Å². The molecular weight excluding hydrogens is 424 g/mol. The molecule has 0 spiro atoms. The Hall–Kier alpha value is -1.74. The first-order valence-corrected chi connectivity index (χ1v) is 13.1. The molecule has 0 bridgehead atoms. The van der Waals surface area contributed by atoms with Gasteiger partial charge in [0.1, 0.15) is 0 Å². The summed E-state index contributed by atoms with van der Waals surface area (Å²) in [5.41, 5.74) is 2.08. The molecule has 0 aliphatic heterocycles. The normalized spacial score (nSPS) is 20.2. The van der Waals surface area contributed by atoms with E-state index in [9.17, 15) is 16.8 Å². The van der Waals surface area contributed by atoms with Crippen molar-refractivity contribution in [3.63, 3.8) is 0 Å². The third kappa shape index (κ3) is 5.69. The molecule has 0 amide bonds. The van der Waals surface area contributed by atoms with E-state index in [1.165, 1.54) is 24.3 Å². The molecule has 0 radical (unpaired) electrons. The van der Waals surface area contributed by atoms with Gasteiger partial charge in [0.2, 0.25) is 0 Å². The van der Waals surface area contributed by atoms with Gasteiger partial charge < -0.3 is 0 Å². The summed E-state index contributed by atoms with van der Waals surface area (Å²) in [5.74, 6) is 0. The fraction of sp³-hybridized carbons (Fsp3) is 0.455. The lowest BCUT2D eigenvalue weighted by atomic mass is 9.95. The Morgan fingerprint density at radius 3 is 1.40 bits per heavy atom. The maximum absolute atomic E-state index is 12.6. The van der Waals surface area contributed by atoms with Crippen LogP contribution < -0.4 is 0 Å². The highest BCUT2D eigenvalue weighted by Crippen LogP contribution is 2.29. The third-order valence-corrected chi connectivity index (χ3v) is 8.09. The predicted molar refractivity (Wildman–Crippen MR) is 114 cm³/mol. The molecule has 8 heteroatoms. The van der Waals surface area contributed by atoms with E-state index in [1.54, 1.807) is 24.3 Å². The van der Waals surface area contributed by atoms with Crippen molar-refractivity contribution in [2.75, 3.05) is 0 Å². The van der Waals surface area contributed by atoms with E-state index in [2.05, 4.69) is 0 Å². The van der Waals surface area contributed by atoms with Crippen LogP contribution in [0.4, 0.5) is 0 Å². The van der Waals surface area contributed by atoms with Gasteiger partial charge in [0, 0.05) is 6.42 Å². The van der Waals surface area contributed by atoms with Crippen molar-refractivity contribution < 1.29 is 25.2 Å². The molecule has 2 aromatic rings. The van der Waals surface area contributed by atoms with Crippen LogP contribution >= 0.6 is 0 Å². The molecule has 1 saturated carbocycles. The summed E-state index contributed by atoms with van der Waals surface area (Å²) in [6.45, 7) is 3.99. The van der Waals surface area contributed by atoms with Crippen LogP contribution in [0.15, 0.2) is 58.3 Å². The molecule has 1 fully saturated rings. The minimum Gasteiger partial charge on any atom is -0.263 e. The molecule has 0 aromatic heterocycles. The Bertz CT molecular complexity index is 956. The molecule has 0 heterocycles. The van der Waals surface area contributed by atoms with Gasteiger partial charge in [0.05, 0.1) is 22.0 Å². The van der Waals surface area contributed by atoms with Gasteiger partial charge in [-0.1, -0.05) is 38.1 Å². The maximum atomic E-state index is 12.6. The highest BCUT2D eigenvalue weighted by atomic mass is 32.2. The minimum atomic E-state index is -3.92. The summed E-state index contributed by atoms with van der Waals surface area (Å²) in [7, 11) is -7.83. The molecule has 0 saturated heterocycles. The van der Waals surface area contributed by atoms with Crippen LogP contribution in [0.1, 0.15) is 50.7 Å². The number of hydrogen-bond donors (Lipinski definition) is 0. The lowest BCUT2D eigenvalue weighted by molar-refractivity contribution is 0.0759. The number of hydrogen-bond acceptors (Lipinski definition) is 6. The van der Waals surface area contributed by atoms with Gasteiger partial charge >= 0.3 is 0 Å². The Labute approximate surface area is 179 Å². The van der Waals surface area contributed by atoms with Crippen molar-refractivity contribution in [1.82, 2.24) is 0 Å². The molecule has 6 nitrogen and oxygen atoms in total. The molecule has 164 valence electrons. The summed E-state index contributed by atoms with van der Waals surface area (Å²) >= 11 is 0. The zero-order valence-electron chi connectivity index (χ0n) is 17.3. The van der Waals surface area contributed by atoms with Gasteiger partial charge in [0.25, 0.3) is 20.2 Å². The first-order valence-electron chi connectivity index (χ1n) is 10.3. The summed E-state index contributed by atoms with van der Waals surface area (Å²) in [5, 5.41) is 0. The lowest BCUT2D eigenvalue weighted by Crippen LogP contribution is -2.31. The van der Waals surface area contributed by atoms with Crippen LogP contribution in [-0.4, -0.2) is 29.0 Å². The summed E-state index contributed by atoms with van der Waals surface area (Å²) < 4.78 is 61.2. The second-order valence-corrected chi connectivity index (χ2v) is 10.7. The van der Waals surface area contributed by atoms with Crippen LogP contribution in [0.25, 0.3) is 0 Å². The van der Waals surface area contributed by atoms with Crippen LogP contribution in [0.2, 0.25) is 0 Å². The third-order valence-electron chi connectivity index (χ3n) is 5.34. The number of rotatable bonds is 8. The smallest absolute Gasteiger partial charge is 0.263 e. The largest absolute Gasteiger partial charge is 0.297 e. The zero-order valence-corrected chi connectivity index (χ0v) is 18.9. The van der Waals surface area contributed by atoms with Gasteiger partial charge in [-0.15, -0.1) is 0 Å². The Balaban J connectivity index is 1.65. The molecular formula is C22H28O6S2. The van der Waals surface area contributed by atoms with Crippen molar-refractivity contribution in [3.8, 4) is 0 Å². The van der Waals surface area contributed by atoms with Gasteiger partial charge in [-0.05, 0) is 67.5 Å². The van der Waals surface area contributed by atoms with E-state index in [-0.39, 0.29) is 16.2 Å². The monoisotopic (exact) mass is 452 g/mol. The molecule has 1 aliphatic rings. The first-order chi connectivity index (χ1) is 14.2. The summed E-state index contributed by atoms with van der Waals surface area (Å²) in [6, 6.07) is 13.2. The number of aryl methyl sites for hydroxylation is 2. The van der Waals surface area contributed by atoms with Crippen LogP contribution in [0.5, 0.6) is 0 Å². The quantitative estimate of drug-likeness (QED) is 0.557. The average Bonchev–Trinajstić information content (AvgIpc) is 2.73. The fourth-order valence-corrected chi connectivity index (χ4v) is 5.76. The predicted octanol–water partition coefficient (Wildman–Crippen LogP) is 4.23. The Kier molecular flexibility index (Phi) is 7.34. The molecule has 2 atom stereocenters. The molecule has 1 aliphatic carbocycles. The van der Waals surface area contributed by atoms with Crippen molar-refractivity contribution in [2.45, 2.75) is 74.4 Å². The van der Waals surface area contributed by atoms with E-state index < -0.39 is 32.4 Å². The van der Waals surface area contributed by atoms with Crippen LogP contribution in [-0.2, 0) is 41.4 Å². The highest BCUT2D eigenvalue weighted by molar-refractivity contribution is 7.87. The Morgan fingerprint density at radius 1 is 0.700 bits per heavy atom. The van der Waals surface area contributed by atoms with Gasteiger partial charge in [-0.3, -0.25) is 8.37 Å². The second-order valence-electron chi connectivity index (χ2n) is 7.51. The second kappa shape index (κ2) is 9.60. The molecule has 2 unspecified atom stereocenters. The van der Waals surface area contributed by atoms with Crippen molar-refractivity contribution in [1.29, 1.82) is 0 Å². The SMILES string of the molecule is CCc1ccc(S(=O)(=O)OC2CCCC(OS(=O)(=O)c3ccc(CC)cc3)C2)cc1. The lowest BCUT2D eigenvalue weighted by Gasteiger charge is -2.28. The van der Waals surface area contributed by atoms with Crippen LogP contribution in [0, 0.1) is 0 Å². The maximum Gasteiger partial charge on any atom is 0.297 e. The minimum absolute atomic E-state index is 0.103. The summed E-state index contributed by atoms with van der Waals surface area (Å²) in [6.07, 6.45) is 2.32. The fourth-order valence-electron chi connectivity index (χ4n) is 3.53. The molecule has 3 rings (SSSR count). The van der Waals surface area contributed by atoms with E-state index in [4.69, 9.17) is 8.37 Å². The van der Waals surface area contributed by atoms with E-state index in [0.29, 0.717) is 19.3 Å². The van der Waals surface area contributed by atoms with E-state index in [1.807, 2.05) is 13.8 Å². The highest BCUT2D eigenvalue weighted by Gasteiger charge is 2.31. The first kappa shape index (κ1) is 22.9. The zero-order chi connectivity index (χ0) is 21.8. The molecule has 0 N–H and O–H groups in total. The van der Waals surface area contributed by atoms with Gasteiger partial charge in [-0.25, -0.2) is 0 Å². The molecule has 2 aromatic carbocycles. The van der Waals surface area contributed by atoms with Crippen molar-refractivity contribution >= 4 is 20.2 Å². The molecule has 30 heavy (non-hydrogen) atoms. The van der Waals surface area contributed by atoms with Crippen molar-refractivity contribution in [3.05, 3.63) is 59.7 Å². The van der Waals surface area contributed by atoms with Gasteiger partial charge in [-0.2, -0.15) is 16.8 Å². The number of benzene rings is 2.